The molecule has 0 saturated carbocycles. The van der Waals surface area contributed by atoms with Crippen LogP contribution in [0.3, 0.4) is 0 Å². The highest BCUT2D eigenvalue weighted by Gasteiger charge is 2.18. The van der Waals surface area contributed by atoms with Gasteiger partial charge in [-0.2, -0.15) is 19.9 Å². The highest BCUT2D eigenvalue weighted by atomic mass is 35.5. The fourth-order valence-electron chi connectivity index (χ4n) is 3.63. The van der Waals surface area contributed by atoms with Crippen LogP contribution in [0.1, 0.15) is 27.2 Å². The summed E-state index contributed by atoms with van der Waals surface area (Å²) in [5, 5.41) is 12.4. The summed E-state index contributed by atoms with van der Waals surface area (Å²) in [6.45, 7) is 5.73. The smallest absolute Gasteiger partial charge is 0.263 e. The molecule has 2 aromatic carbocycles. The van der Waals surface area contributed by atoms with Crippen molar-refractivity contribution in [3.05, 3.63) is 92.5 Å². The van der Waals surface area contributed by atoms with E-state index in [-0.39, 0.29) is 17.4 Å². The molecule has 34 heavy (non-hydrogen) atoms. The van der Waals surface area contributed by atoms with Gasteiger partial charge in [0.1, 0.15) is 11.2 Å². The van der Waals surface area contributed by atoms with Gasteiger partial charge in [-0.3, -0.25) is 14.6 Å². The zero-order valence-corrected chi connectivity index (χ0v) is 19.4. The lowest BCUT2D eigenvalue weighted by molar-refractivity contribution is 0.102. The number of benzene rings is 2. The number of rotatable bonds is 4. The lowest BCUT2D eigenvalue weighted by Crippen LogP contribution is -2.19. The van der Waals surface area contributed by atoms with Gasteiger partial charge in [0, 0.05) is 16.7 Å². The molecule has 170 valence electrons. The van der Waals surface area contributed by atoms with E-state index >= 15 is 0 Å². The van der Waals surface area contributed by atoms with Gasteiger partial charge in [-0.25, -0.2) is 4.68 Å². The second-order valence-corrected chi connectivity index (χ2v) is 8.44. The predicted molar refractivity (Wildman–Crippen MR) is 130 cm³/mol. The molecule has 0 fully saturated rings. The van der Waals surface area contributed by atoms with Crippen LogP contribution in [0, 0.1) is 20.8 Å². The van der Waals surface area contributed by atoms with Gasteiger partial charge in [0.25, 0.3) is 11.5 Å². The molecule has 0 aliphatic rings. The zero-order chi connectivity index (χ0) is 24.0. The third-order valence-corrected chi connectivity index (χ3v) is 5.76. The molecule has 3 heterocycles. The fraction of sp³-hybridized carbons (Fsp3) is 0.125. The number of carbonyl (C=O) groups excluding carboxylic acids is 1. The van der Waals surface area contributed by atoms with Gasteiger partial charge in [-0.15, -0.1) is 0 Å². The molecule has 2 N–H and O–H groups in total. The maximum Gasteiger partial charge on any atom is 0.263 e. The molecule has 0 atom stereocenters. The number of H-pyrrole nitrogens is 1. The van der Waals surface area contributed by atoms with Crippen molar-refractivity contribution < 1.29 is 4.79 Å². The monoisotopic (exact) mass is 473 g/mol. The van der Waals surface area contributed by atoms with Crippen LogP contribution in [0.2, 0.25) is 5.02 Å². The van der Waals surface area contributed by atoms with E-state index in [9.17, 15) is 9.59 Å². The number of halogens is 1. The Balaban J connectivity index is 1.58. The van der Waals surface area contributed by atoms with E-state index in [2.05, 4.69) is 25.5 Å². The largest absolute Gasteiger partial charge is 0.306 e. The Kier molecular flexibility index (Phi) is 5.25. The summed E-state index contributed by atoms with van der Waals surface area (Å²) >= 11 is 6.13. The van der Waals surface area contributed by atoms with Gasteiger partial charge in [0.2, 0.25) is 5.95 Å². The molecule has 3 aromatic heterocycles. The summed E-state index contributed by atoms with van der Waals surface area (Å²) in [5.41, 5.74) is 3.89. The summed E-state index contributed by atoms with van der Waals surface area (Å²) in [7, 11) is 0. The number of nitrogens with zero attached hydrogens (tertiary/aromatic N) is 5. The van der Waals surface area contributed by atoms with Gasteiger partial charge >= 0.3 is 0 Å². The molecule has 9 nitrogen and oxygen atoms in total. The van der Waals surface area contributed by atoms with Crippen LogP contribution in [0.5, 0.6) is 0 Å². The first kappa shape index (κ1) is 21.6. The van der Waals surface area contributed by atoms with E-state index in [1.165, 1.54) is 15.6 Å². The molecule has 0 bridgehead atoms. The van der Waals surface area contributed by atoms with Crippen molar-refractivity contribution in [1.29, 1.82) is 0 Å². The van der Waals surface area contributed by atoms with E-state index in [4.69, 9.17) is 11.6 Å². The normalized spacial score (nSPS) is 11.2. The van der Waals surface area contributed by atoms with Crippen molar-refractivity contribution in [2.45, 2.75) is 20.8 Å². The lowest BCUT2D eigenvalue weighted by Gasteiger charge is -2.10. The SMILES string of the molecule is Cc1cc(NC(=O)c2ccc(C)c(C)c2)n(-c2nc3c(cnn3-c3cccc(Cl)c3)c(=O)[nH]2)n1. The number of hydrogen-bond acceptors (Lipinski definition) is 5. The Morgan fingerprint density at radius 2 is 1.85 bits per heavy atom. The molecule has 1 amide bonds. The summed E-state index contributed by atoms with van der Waals surface area (Å²) in [4.78, 5) is 33.1. The van der Waals surface area contributed by atoms with E-state index in [1.807, 2.05) is 32.0 Å². The summed E-state index contributed by atoms with van der Waals surface area (Å²) < 4.78 is 2.92. The van der Waals surface area contributed by atoms with Gasteiger partial charge in [-0.1, -0.05) is 23.7 Å². The first-order valence-electron chi connectivity index (χ1n) is 10.5. The van der Waals surface area contributed by atoms with E-state index < -0.39 is 0 Å². The summed E-state index contributed by atoms with van der Waals surface area (Å²) in [6, 6.07) is 14.3. The quantitative estimate of drug-likeness (QED) is 0.408. The van der Waals surface area contributed by atoms with Crippen molar-refractivity contribution in [3.63, 3.8) is 0 Å². The van der Waals surface area contributed by atoms with Crippen LogP contribution < -0.4 is 10.9 Å². The number of aromatic amines is 1. The van der Waals surface area contributed by atoms with Crippen molar-refractivity contribution in [3.8, 4) is 11.6 Å². The maximum absolute atomic E-state index is 12.9. The number of amides is 1. The van der Waals surface area contributed by atoms with E-state index in [0.717, 1.165) is 11.1 Å². The Morgan fingerprint density at radius 3 is 2.62 bits per heavy atom. The second-order valence-electron chi connectivity index (χ2n) is 8.00. The maximum atomic E-state index is 12.9. The van der Waals surface area contributed by atoms with E-state index in [1.54, 1.807) is 37.3 Å². The molecular formula is C24H20ClN7O2. The van der Waals surface area contributed by atoms with Crippen LogP contribution in [-0.4, -0.2) is 35.4 Å². The van der Waals surface area contributed by atoms with Crippen LogP contribution in [-0.2, 0) is 0 Å². The van der Waals surface area contributed by atoms with E-state index in [0.29, 0.717) is 38.8 Å². The minimum atomic E-state index is -0.382. The Bertz CT molecular complexity index is 1630. The highest BCUT2D eigenvalue weighted by molar-refractivity contribution is 6.30. The van der Waals surface area contributed by atoms with Crippen molar-refractivity contribution in [2.24, 2.45) is 0 Å². The molecule has 0 radical (unpaired) electrons. The topological polar surface area (TPSA) is 110 Å². The summed E-state index contributed by atoms with van der Waals surface area (Å²) in [5.74, 6) is 0.221. The molecule has 10 heteroatoms. The Morgan fingerprint density at radius 1 is 1.03 bits per heavy atom. The van der Waals surface area contributed by atoms with Crippen LogP contribution in [0.25, 0.3) is 22.7 Å². The van der Waals surface area contributed by atoms with Gasteiger partial charge in [-0.05, 0) is 62.2 Å². The van der Waals surface area contributed by atoms with Crippen LogP contribution in [0.15, 0.2) is 59.5 Å². The number of aryl methyl sites for hydroxylation is 3. The number of nitrogens with one attached hydrogen (secondary N) is 2. The van der Waals surface area contributed by atoms with Crippen molar-refractivity contribution in [1.82, 2.24) is 29.5 Å². The minimum Gasteiger partial charge on any atom is -0.306 e. The van der Waals surface area contributed by atoms with Crippen LogP contribution in [0.4, 0.5) is 5.82 Å². The Labute approximate surface area is 199 Å². The van der Waals surface area contributed by atoms with Gasteiger partial charge in [0.05, 0.1) is 17.6 Å². The molecular weight excluding hydrogens is 454 g/mol. The number of fused-ring (bicyclic) bond motifs is 1. The average molecular weight is 474 g/mol. The highest BCUT2D eigenvalue weighted by Crippen LogP contribution is 2.20. The lowest BCUT2D eigenvalue weighted by atomic mass is 10.1. The third-order valence-electron chi connectivity index (χ3n) is 5.52. The fourth-order valence-corrected chi connectivity index (χ4v) is 3.81. The molecule has 0 spiro atoms. The summed E-state index contributed by atoms with van der Waals surface area (Å²) in [6.07, 6.45) is 1.45. The minimum absolute atomic E-state index is 0.143. The molecule has 0 unspecified atom stereocenters. The first-order valence-corrected chi connectivity index (χ1v) is 10.9. The number of aromatic nitrogens is 6. The molecule has 5 aromatic rings. The molecule has 0 aliphatic carbocycles. The second kappa shape index (κ2) is 8.27. The zero-order valence-electron chi connectivity index (χ0n) is 18.6. The van der Waals surface area contributed by atoms with Gasteiger partial charge in [0.15, 0.2) is 5.65 Å². The van der Waals surface area contributed by atoms with Crippen LogP contribution >= 0.6 is 11.6 Å². The number of carbonyl (C=O) groups is 1. The Hall–Kier alpha value is -4.24. The third kappa shape index (κ3) is 3.86. The standard InChI is InChI=1S/C24H20ClN7O2/c1-13-7-8-16(9-14(13)2)22(33)27-20-10-15(3)30-32(20)24-28-21-19(23(34)29-24)12-26-31(21)18-6-4-5-17(25)11-18/h4-12H,1-3H3,(H,27,33)(H,28,29,34). The van der Waals surface area contributed by atoms with Crippen molar-refractivity contribution >= 4 is 34.4 Å². The first-order chi connectivity index (χ1) is 16.3. The molecule has 5 rings (SSSR count). The average Bonchev–Trinajstić information content (AvgIpc) is 3.39. The predicted octanol–water partition coefficient (Wildman–Crippen LogP) is 4.13. The molecule has 0 aliphatic heterocycles. The molecule has 0 saturated heterocycles. The van der Waals surface area contributed by atoms with Crippen molar-refractivity contribution in [2.75, 3.05) is 5.32 Å². The van der Waals surface area contributed by atoms with Gasteiger partial charge < -0.3 is 5.32 Å². The number of hydrogen-bond donors (Lipinski definition) is 2. The number of anilines is 1.